The number of alkyl halides is 3. The van der Waals surface area contributed by atoms with Crippen LogP contribution in [0.25, 0.3) is 11.5 Å². The number of aromatic nitrogens is 3. The van der Waals surface area contributed by atoms with Crippen molar-refractivity contribution in [2.45, 2.75) is 12.7 Å². The second kappa shape index (κ2) is 7.50. The first-order valence-electron chi connectivity index (χ1n) is 7.44. The fraction of sp³-hybridized carbons (Fsp3) is 0.125. The Morgan fingerprint density at radius 2 is 1.96 bits per heavy atom. The van der Waals surface area contributed by atoms with E-state index in [0.717, 1.165) is 12.1 Å². The summed E-state index contributed by atoms with van der Waals surface area (Å²) in [6, 6.07) is 3.46. The lowest BCUT2D eigenvalue weighted by atomic mass is 10.2. The number of carbonyl (C=O) groups is 1. The summed E-state index contributed by atoms with van der Waals surface area (Å²) in [4.78, 5) is 19.3. The number of nitrogens with zero attached hydrogens (tertiary/aromatic N) is 3. The molecule has 0 aliphatic rings. The van der Waals surface area contributed by atoms with Crippen molar-refractivity contribution >= 4 is 17.5 Å². The lowest BCUT2D eigenvalue weighted by Crippen LogP contribution is -2.23. The molecule has 0 unspecified atom stereocenters. The van der Waals surface area contributed by atoms with E-state index in [1.807, 2.05) is 0 Å². The number of hydrogen-bond donors (Lipinski definition) is 1. The van der Waals surface area contributed by atoms with E-state index in [-0.39, 0.29) is 23.6 Å². The van der Waals surface area contributed by atoms with Crippen LogP contribution in [0.4, 0.5) is 22.0 Å². The molecule has 1 amide bonds. The Kier molecular flexibility index (Phi) is 5.27. The standard InChI is InChI=1S/C16H8ClF5N4O2/c17-10-3-8(16(20,21)22)6-23-12(10)13-25-15(28-26-13)14(27)24-5-7-1-2-9(18)4-11(7)19/h1-4,6H,5H2,(H,24,27). The van der Waals surface area contributed by atoms with Crippen molar-refractivity contribution < 1.29 is 31.3 Å². The van der Waals surface area contributed by atoms with Crippen LogP contribution in [0.5, 0.6) is 0 Å². The summed E-state index contributed by atoms with van der Waals surface area (Å²) < 4.78 is 69.0. The molecule has 0 aliphatic heterocycles. The van der Waals surface area contributed by atoms with Crippen LogP contribution < -0.4 is 5.32 Å². The van der Waals surface area contributed by atoms with Gasteiger partial charge in [0.15, 0.2) is 0 Å². The first kappa shape index (κ1) is 19.7. The second-order valence-electron chi connectivity index (χ2n) is 5.39. The summed E-state index contributed by atoms with van der Waals surface area (Å²) >= 11 is 5.77. The van der Waals surface area contributed by atoms with Gasteiger partial charge in [0.1, 0.15) is 17.3 Å². The third-order valence-corrected chi connectivity index (χ3v) is 3.74. The quantitative estimate of drug-likeness (QED) is 0.647. The Bertz CT molecular complexity index is 1040. The topological polar surface area (TPSA) is 80.9 Å². The molecule has 12 heteroatoms. The van der Waals surface area contributed by atoms with Gasteiger partial charge in [-0.15, -0.1) is 0 Å². The van der Waals surface area contributed by atoms with Gasteiger partial charge >= 0.3 is 18.0 Å². The summed E-state index contributed by atoms with van der Waals surface area (Å²) in [6.45, 7) is -0.290. The minimum atomic E-state index is -4.63. The molecule has 1 N–H and O–H groups in total. The van der Waals surface area contributed by atoms with Gasteiger partial charge in [0.25, 0.3) is 0 Å². The third kappa shape index (κ3) is 4.25. The van der Waals surface area contributed by atoms with E-state index in [9.17, 15) is 26.7 Å². The van der Waals surface area contributed by atoms with E-state index in [2.05, 4.69) is 20.4 Å². The molecule has 0 radical (unpaired) electrons. The van der Waals surface area contributed by atoms with Gasteiger partial charge in [0.2, 0.25) is 5.82 Å². The van der Waals surface area contributed by atoms with Gasteiger partial charge in [-0.25, -0.2) is 8.78 Å². The van der Waals surface area contributed by atoms with E-state index in [0.29, 0.717) is 18.3 Å². The fourth-order valence-corrected chi connectivity index (χ4v) is 2.34. The Morgan fingerprint density at radius 1 is 1.21 bits per heavy atom. The van der Waals surface area contributed by atoms with Gasteiger partial charge in [-0.2, -0.15) is 18.2 Å². The number of rotatable bonds is 4. The Hall–Kier alpha value is -3.08. The second-order valence-corrected chi connectivity index (χ2v) is 5.80. The minimum absolute atomic E-state index is 0.0157. The van der Waals surface area contributed by atoms with Crippen LogP contribution in [0.2, 0.25) is 5.02 Å². The molecule has 6 nitrogen and oxygen atoms in total. The van der Waals surface area contributed by atoms with E-state index < -0.39 is 40.2 Å². The summed E-state index contributed by atoms with van der Waals surface area (Å²) in [5, 5.41) is 5.34. The molecule has 28 heavy (non-hydrogen) atoms. The number of pyridine rings is 1. The van der Waals surface area contributed by atoms with Gasteiger partial charge in [0, 0.05) is 24.4 Å². The Balaban J connectivity index is 1.74. The van der Waals surface area contributed by atoms with Crippen molar-refractivity contribution in [3.8, 4) is 11.5 Å². The largest absolute Gasteiger partial charge is 0.417 e. The monoisotopic (exact) mass is 418 g/mol. The molecule has 0 bridgehead atoms. The number of carbonyl (C=O) groups excluding carboxylic acids is 1. The lowest BCUT2D eigenvalue weighted by molar-refractivity contribution is -0.137. The van der Waals surface area contributed by atoms with E-state index in [1.54, 1.807) is 0 Å². The molecule has 2 aromatic heterocycles. The summed E-state index contributed by atoms with van der Waals surface area (Å²) in [5.41, 5.74) is -1.27. The molecular weight excluding hydrogens is 411 g/mol. The van der Waals surface area contributed by atoms with E-state index >= 15 is 0 Å². The minimum Gasteiger partial charge on any atom is -0.344 e. The average molecular weight is 419 g/mol. The van der Waals surface area contributed by atoms with Gasteiger partial charge in [-0.1, -0.05) is 22.8 Å². The maximum atomic E-state index is 13.5. The number of nitrogens with one attached hydrogen (secondary N) is 1. The van der Waals surface area contributed by atoms with Crippen LogP contribution in [-0.4, -0.2) is 21.0 Å². The summed E-state index contributed by atoms with van der Waals surface area (Å²) in [6.07, 6.45) is -4.10. The number of amides is 1. The highest BCUT2D eigenvalue weighted by molar-refractivity contribution is 6.32. The molecule has 0 saturated heterocycles. The van der Waals surface area contributed by atoms with Crippen LogP contribution in [0, 0.1) is 11.6 Å². The third-order valence-electron chi connectivity index (χ3n) is 3.46. The first-order valence-corrected chi connectivity index (χ1v) is 7.82. The van der Waals surface area contributed by atoms with Crippen molar-refractivity contribution in [2.24, 2.45) is 0 Å². The van der Waals surface area contributed by atoms with Gasteiger partial charge in [-0.05, 0) is 12.1 Å². The van der Waals surface area contributed by atoms with Crippen molar-refractivity contribution in [1.29, 1.82) is 0 Å². The zero-order valence-electron chi connectivity index (χ0n) is 13.5. The van der Waals surface area contributed by atoms with Gasteiger partial charge in [-0.3, -0.25) is 9.78 Å². The van der Waals surface area contributed by atoms with Crippen LogP contribution >= 0.6 is 11.6 Å². The molecule has 0 aliphatic carbocycles. The average Bonchev–Trinajstić information content (AvgIpc) is 3.09. The maximum absolute atomic E-state index is 13.5. The molecule has 1 aromatic carbocycles. The van der Waals surface area contributed by atoms with Crippen LogP contribution in [0.15, 0.2) is 35.0 Å². The lowest BCUT2D eigenvalue weighted by Gasteiger charge is -2.07. The van der Waals surface area contributed by atoms with Crippen molar-refractivity contribution in [3.63, 3.8) is 0 Å². The van der Waals surface area contributed by atoms with Crippen LogP contribution in [-0.2, 0) is 12.7 Å². The van der Waals surface area contributed by atoms with Crippen LogP contribution in [0.3, 0.4) is 0 Å². The zero-order valence-corrected chi connectivity index (χ0v) is 14.3. The van der Waals surface area contributed by atoms with E-state index in [4.69, 9.17) is 16.1 Å². The first-order chi connectivity index (χ1) is 13.1. The summed E-state index contributed by atoms with van der Waals surface area (Å²) in [5.74, 6) is -3.36. The molecule has 0 fully saturated rings. The molecule has 0 atom stereocenters. The normalized spacial score (nSPS) is 11.5. The van der Waals surface area contributed by atoms with Gasteiger partial charge in [0.05, 0.1) is 10.6 Å². The predicted octanol–water partition coefficient (Wildman–Crippen LogP) is 4.01. The highest BCUT2D eigenvalue weighted by Gasteiger charge is 2.32. The predicted molar refractivity (Wildman–Crippen MR) is 85.1 cm³/mol. The molecule has 0 spiro atoms. The highest BCUT2D eigenvalue weighted by atomic mass is 35.5. The molecule has 146 valence electrons. The van der Waals surface area contributed by atoms with Crippen LogP contribution in [0.1, 0.15) is 21.8 Å². The van der Waals surface area contributed by atoms with Crippen molar-refractivity contribution in [1.82, 2.24) is 20.4 Å². The summed E-state index contributed by atoms with van der Waals surface area (Å²) in [7, 11) is 0. The molecule has 3 aromatic rings. The van der Waals surface area contributed by atoms with E-state index in [1.165, 1.54) is 0 Å². The highest BCUT2D eigenvalue weighted by Crippen LogP contribution is 2.33. The Labute approximate surface area is 158 Å². The van der Waals surface area contributed by atoms with Crippen molar-refractivity contribution in [3.05, 3.63) is 64.1 Å². The van der Waals surface area contributed by atoms with Gasteiger partial charge < -0.3 is 9.84 Å². The molecular formula is C16H8ClF5N4O2. The zero-order chi connectivity index (χ0) is 20.5. The molecule has 2 heterocycles. The fourth-order valence-electron chi connectivity index (χ4n) is 2.09. The maximum Gasteiger partial charge on any atom is 0.417 e. The number of benzene rings is 1. The Morgan fingerprint density at radius 3 is 2.61 bits per heavy atom. The molecule has 0 saturated carbocycles. The van der Waals surface area contributed by atoms with Crippen molar-refractivity contribution in [2.75, 3.05) is 0 Å². The SMILES string of the molecule is O=C(NCc1ccc(F)cc1F)c1nc(-c2ncc(C(F)(F)F)cc2Cl)no1. The molecule has 3 rings (SSSR count). The smallest absolute Gasteiger partial charge is 0.344 e. The number of hydrogen-bond acceptors (Lipinski definition) is 5. The number of halogens is 6.